The monoisotopic (exact) mass is 389 g/mol. The van der Waals surface area contributed by atoms with Crippen LogP contribution in [0.1, 0.15) is 0 Å². The molecule has 0 aliphatic carbocycles. The molecule has 0 bridgehead atoms. The van der Waals surface area contributed by atoms with Crippen LogP contribution >= 0.6 is 15.9 Å². The van der Waals surface area contributed by atoms with Crippen molar-refractivity contribution < 1.29 is 0 Å². The number of anilines is 3. The van der Waals surface area contributed by atoms with Gasteiger partial charge < -0.3 is 11.1 Å². The highest BCUT2D eigenvalue weighted by molar-refractivity contribution is 9.10. The number of halogens is 1. The SMILES string of the molecule is Nc1cnc2ccc(-c3ccccc3)cc2c1Nc1ccccc1Br. The van der Waals surface area contributed by atoms with Crippen molar-refractivity contribution in [3.05, 3.63) is 83.5 Å². The highest BCUT2D eigenvalue weighted by atomic mass is 79.9. The largest absolute Gasteiger partial charge is 0.396 e. The van der Waals surface area contributed by atoms with Crippen LogP contribution in [-0.2, 0) is 0 Å². The lowest BCUT2D eigenvalue weighted by Crippen LogP contribution is -1.99. The van der Waals surface area contributed by atoms with E-state index in [4.69, 9.17) is 5.73 Å². The first-order chi connectivity index (χ1) is 12.2. The molecule has 122 valence electrons. The molecule has 3 nitrogen and oxygen atoms in total. The number of nitrogen functional groups attached to an aromatic ring is 1. The first-order valence-corrected chi connectivity index (χ1v) is 8.77. The summed E-state index contributed by atoms with van der Waals surface area (Å²) < 4.78 is 0.985. The van der Waals surface area contributed by atoms with Crippen molar-refractivity contribution in [1.29, 1.82) is 0 Å². The van der Waals surface area contributed by atoms with E-state index < -0.39 is 0 Å². The summed E-state index contributed by atoms with van der Waals surface area (Å²) in [5.74, 6) is 0. The number of nitrogens with two attached hydrogens (primary N) is 1. The van der Waals surface area contributed by atoms with Crippen molar-refractivity contribution in [2.75, 3.05) is 11.1 Å². The van der Waals surface area contributed by atoms with E-state index in [2.05, 4.69) is 50.5 Å². The lowest BCUT2D eigenvalue weighted by Gasteiger charge is -2.14. The highest BCUT2D eigenvalue weighted by Gasteiger charge is 2.10. The summed E-state index contributed by atoms with van der Waals surface area (Å²) in [7, 11) is 0. The van der Waals surface area contributed by atoms with E-state index in [9.17, 15) is 0 Å². The number of benzene rings is 3. The maximum atomic E-state index is 6.23. The second-order valence-electron chi connectivity index (χ2n) is 5.79. The summed E-state index contributed by atoms with van der Waals surface area (Å²) >= 11 is 3.57. The molecule has 0 aliphatic rings. The van der Waals surface area contributed by atoms with E-state index in [0.29, 0.717) is 5.69 Å². The molecule has 1 heterocycles. The molecule has 0 radical (unpaired) electrons. The van der Waals surface area contributed by atoms with Gasteiger partial charge in [0.05, 0.1) is 28.8 Å². The number of nitrogens with zero attached hydrogens (tertiary/aromatic N) is 1. The minimum Gasteiger partial charge on any atom is -0.396 e. The van der Waals surface area contributed by atoms with Gasteiger partial charge in [-0.25, -0.2) is 0 Å². The topological polar surface area (TPSA) is 50.9 Å². The van der Waals surface area contributed by atoms with E-state index in [1.165, 1.54) is 5.56 Å². The van der Waals surface area contributed by atoms with Crippen LogP contribution in [0, 0.1) is 0 Å². The maximum Gasteiger partial charge on any atom is 0.0746 e. The summed E-state index contributed by atoms with van der Waals surface area (Å²) in [6.45, 7) is 0. The molecule has 4 aromatic rings. The quantitative estimate of drug-likeness (QED) is 0.452. The Labute approximate surface area is 154 Å². The van der Waals surface area contributed by atoms with Gasteiger partial charge in [0.2, 0.25) is 0 Å². The Morgan fingerprint density at radius 3 is 2.40 bits per heavy atom. The first-order valence-electron chi connectivity index (χ1n) is 7.97. The Balaban J connectivity index is 1.88. The Hall–Kier alpha value is -2.85. The van der Waals surface area contributed by atoms with E-state index in [-0.39, 0.29) is 0 Å². The Bertz CT molecular complexity index is 1050. The van der Waals surface area contributed by atoms with Crippen LogP contribution in [0.5, 0.6) is 0 Å². The normalized spacial score (nSPS) is 10.8. The fourth-order valence-electron chi connectivity index (χ4n) is 2.85. The summed E-state index contributed by atoms with van der Waals surface area (Å²) in [4.78, 5) is 4.46. The zero-order chi connectivity index (χ0) is 17.2. The second-order valence-corrected chi connectivity index (χ2v) is 6.65. The standard InChI is InChI=1S/C21H16BrN3/c22-17-8-4-5-9-20(17)25-21-16-12-15(14-6-2-1-3-7-14)10-11-19(16)24-13-18(21)23/h1-13H,23H2,(H,24,25). The first kappa shape index (κ1) is 15.7. The van der Waals surface area contributed by atoms with Crippen LogP contribution in [0.15, 0.2) is 83.5 Å². The van der Waals surface area contributed by atoms with Crippen LogP contribution < -0.4 is 11.1 Å². The van der Waals surface area contributed by atoms with Gasteiger partial charge in [-0.1, -0.05) is 48.5 Å². The van der Waals surface area contributed by atoms with E-state index in [1.807, 2.05) is 48.5 Å². The summed E-state index contributed by atoms with van der Waals surface area (Å²) in [6, 6.07) is 24.5. The molecular weight excluding hydrogens is 374 g/mol. The van der Waals surface area contributed by atoms with Gasteiger partial charge in [0.1, 0.15) is 0 Å². The third-order valence-electron chi connectivity index (χ3n) is 4.14. The number of fused-ring (bicyclic) bond motifs is 1. The van der Waals surface area contributed by atoms with Crippen LogP contribution in [0.4, 0.5) is 17.1 Å². The van der Waals surface area contributed by atoms with Crippen LogP contribution in [0.25, 0.3) is 22.0 Å². The average Bonchev–Trinajstić information content (AvgIpc) is 2.66. The molecule has 3 aromatic carbocycles. The van der Waals surface area contributed by atoms with Crippen molar-refractivity contribution in [2.24, 2.45) is 0 Å². The zero-order valence-corrected chi connectivity index (χ0v) is 15.0. The summed E-state index contributed by atoms with van der Waals surface area (Å²) in [5, 5.41) is 4.45. The van der Waals surface area contributed by atoms with Gasteiger partial charge in [0.25, 0.3) is 0 Å². The zero-order valence-electron chi connectivity index (χ0n) is 13.4. The predicted octanol–water partition coefficient (Wildman–Crippen LogP) is 5.99. The molecule has 0 amide bonds. The second kappa shape index (κ2) is 6.57. The van der Waals surface area contributed by atoms with Crippen LogP contribution in [0.3, 0.4) is 0 Å². The van der Waals surface area contributed by atoms with Crippen LogP contribution in [0.2, 0.25) is 0 Å². The average molecular weight is 390 g/mol. The number of pyridine rings is 1. The van der Waals surface area contributed by atoms with Gasteiger partial charge in [0, 0.05) is 9.86 Å². The van der Waals surface area contributed by atoms with Gasteiger partial charge in [-0.05, 0) is 51.3 Å². The van der Waals surface area contributed by atoms with Gasteiger partial charge in [-0.15, -0.1) is 0 Å². The van der Waals surface area contributed by atoms with E-state index in [1.54, 1.807) is 6.20 Å². The molecule has 4 heteroatoms. The van der Waals surface area contributed by atoms with Gasteiger partial charge >= 0.3 is 0 Å². The molecule has 3 N–H and O–H groups in total. The summed E-state index contributed by atoms with van der Waals surface area (Å²) in [6.07, 6.45) is 1.70. The number of para-hydroxylation sites is 1. The fourth-order valence-corrected chi connectivity index (χ4v) is 3.24. The number of nitrogens with one attached hydrogen (secondary N) is 1. The third-order valence-corrected chi connectivity index (χ3v) is 4.83. The number of hydrogen-bond acceptors (Lipinski definition) is 3. The molecule has 0 atom stereocenters. The van der Waals surface area contributed by atoms with Crippen molar-refractivity contribution in [3.8, 4) is 11.1 Å². The molecule has 0 fully saturated rings. The molecule has 0 saturated carbocycles. The molecular formula is C21H16BrN3. The fraction of sp³-hybridized carbons (Fsp3) is 0. The Kier molecular flexibility index (Phi) is 4.12. The molecule has 0 spiro atoms. The van der Waals surface area contributed by atoms with Gasteiger partial charge in [-0.2, -0.15) is 0 Å². The van der Waals surface area contributed by atoms with Crippen molar-refractivity contribution in [2.45, 2.75) is 0 Å². The van der Waals surface area contributed by atoms with E-state index >= 15 is 0 Å². The highest BCUT2D eigenvalue weighted by Crippen LogP contribution is 2.35. The molecule has 0 aliphatic heterocycles. The van der Waals surface area contributed by atoms with Gasteiger partial charge in [-0.3, -0.25) is 4.98 Å². The van der Waals surface area contributed by atoms with Crippen molar-refractivity contribution in [3.63, 3.8) is 0 Å². The minimum atomic E-state index is 0.619. The van der Waals surface area contributed by atoms with Gasteiger partial charge in [0.15, 0.2) is 0 Å². The smallest absolute Gasteiger partial charge is 0.0746 e. The predicted molar refractivity (Wildman–Crippen MR) is 109 cm³/mol. The molecule has 0 saturated heterocycles. The molecule has 0 unspecified atom stereocenters. The molecule has 1 aromatic heterocycles. The molecule has 4 rings (SSSR count). The summed E-state index contributed by atoms with van der Waals surface area (Å²) in [5.41, 5.74) is 11.9. The lowest BCUT2D eigenvalue weighted by molar-refractivity contribution is 1.40. The van der Waals surface area contributed by atoms with E-state index in [0.717, 1.165) is 32.3 Å². The Morgan fingerprint density at radius 1 is 0.840 bits per heavy atom. The minimum absolute atomic E-state index is 0.619. The number of hydrogen-bond donors (Lipinski definition) is 2. The number of aromatic nitrogens is 1. The van der Waals surface area contributed by atoms with Crippen molar-refractivity contribution in [1.82, 2.24) is 4.98 Å². The number of rotatable bonds is 3. The Morgan fingerprint density at radius 2 is 1.60 bits per heavy atom. The maximum absolute atomic E-state index is 6.23. The molecule has 25 heavy (non-hydrogen) atoms. The third kappa shape index (κ3) is 3.08. The van der Waals surface area contributed by atoms with Crippen molar-refractivity contribution >= 4 is 43.9 Å². The lowest BCUT2D eigenvalue weighted by atomic mass is 10.0. The van der Waals surface area contributed by atoms with Crippen LogP contribution in [-0.4, -0.2) is 4.98 Å².